The summed E-state index contributed by atoms with van der Waals surface area (Å²) in [7, 11) is 0. The summed E-state index contributed by atoms with van der Waals surface area (Å²) in [6.07, 6.45) is 0. The zero-order valence-corrected chi connectivity index (χ0v) is 10.5. The predicted molar refractivity (Wildman–Crippen MR) is 75.9 cm³/mol. The number of halogens is 1. The highest BCUT2D eigenvalue weighted by molar-refractivity contribution is 6.31. The van der Waals surface area contributed by atoms with Crippen LogP contribution in [0.4, 0.5) is 11.4 Å². The van der Waals surface area contributed by atoms with Gasteiger partial charge in [0.15, 0.2) is 0 Å². The molecule has 2 rings (SSSR count). The van der Waals surface area contributed by atoms with Gasteiger partial charge in [0.1, 0.15) is 0 Å². The molecule has 0 saturated carbocycles. The minimum absolute atomic E-state index is 0.716. The van der Waals surface area contributed by atoms with Gasteiger partial charge in [-0.1, -0.05) is 42.4 Å². The standard InChI is InChI=1S/C15H14ClN/c1-11(2)14-9-8-12(16)10-15(14)17-13-6-4-3-5-7-13/h3-10,17H,1H2,2H3. The van der Waals surface area contributed by atoms with Gasteiger partial charge in [-0.05, 0) is 36.8 Å². The van der Waals surface area contributed by atoms with Crippen molar-refractivity contribution < 1.29 is 0 Å². The van der Waals surface area contributed by atoms with Gasteiger partial charge in [0.2, 0.25) is 0 Å². The highest BCUT2D eigenvalue weighted by Crippen LogP contribution is 2.28. The van der Waals surface area contributed by atoms with Crippen molar-refractivity contribution in [3.8, 4) is 0 Å². The van der Waals surface area contributed by atoms with Crippen molar-refractivity contribution in [3.05, 3.63) is 65.7 Å². The summed E-state index contributed by atoms with van der Waals surface area (Å²) >= 11 is 6.02. The average molecular weight is 244 g/mol. The molecule has 0 spiro atoms. The van der Waals surface area contributed by atoms with E-state index >= 15 is 0 Å². The molecule has 0 aliphatic rings. The molecule has 0 aliphatic carbocycles. The number of hydrogen-bond donors (Lipinski definition) is 1. The van der Waals surface area contributed by atoms with Crippen LogP contribution < -0.4 is 5.32 Å². The lowest BCUT2D eigenvalue weighted by Crippen LogP contribution is -1.94. The van der Waals surface area contributed by atoms with E-state index in [1.165, 1.54) is 0 Å². The number of para-hydroxylation sites is 1. The normalized spacial score (nSPS) is 10.0. The molecule has 0 radical (unpaired) electrons. The summed E-state index contributed by atoms with van der Waals surface area (Å²) in [5.74, 6) is 0. The number of anilines is 2. The van der Waals surface area contributed by atoms with Crippen molar-refractivity contribution in [2.45, 2.75) is 6.92 Å². The minimum Gasteiger partial charge on any atom is -0.355 e. The smallest absolute Gasteiger partial charge is 0.0475 e. The second-order valence-electron chi connectivity index (χ2n) is 3.96. The van der Waals surface area contributed by atoms with Gasteiger partial charge < -0.3 is 5.32 Å². The topological polar surface area (TPSA) is 12.0 Å². The Hall–Kier alpha value is -1.73. The van der Waals surface area contributed by atoms with Crippen molar-refractivity contribution in [2.75, 3.05) is 5.32 Å². The summed E-state index contributed by atoms with van der Waals surface area (Å²) in [5, 5.41) is 4.07. The summed E-state index contributed by atoms with van der Waals surface area (Å²) in [5.41, 5.74) is 4.12. The van der Waals surface area contributed by atoms with E-state index < -0.39 is 0 Å². The van der Waals surface area contributed by atoms with Crippen molar-refractivity contribution in [2.24, 2.45) is 0 Å². The maximum absolute atomic E-state index is 6.02. The van der Waals surface area contributed by atoms with E-state index in [-0.39, 0.29) is 0 Å². The van der Waals surface area contributed by atoms with Gasteiger partial charge in [-0.15, -0.1) is 0 Å². The van der Waals surface area contributed by atoms with Gasteiger partial charge in [0, 0.05) is 22.0 Å². The lowest BCUT2D eigenvalue weighted by molar-refractivity contribution is 1.50. The zero-order chi connectivity index (χ0) is 12.3. The molecule has 0 atom stereocenters. The largest absolute Gasteiger partial charge is 0.355 e. The molecule has 2 heteroatoms. The molecule has 2 aromatic carbocycles. The van der Waals surface area contributed by atoms with Gasteiger partial charge in [-0.3, -0.25) is 0 Å². The highest BCUT2D eigenvalue weighted by atomic mass is 35.5. The van der Waals surface area contributed by atoms with E-state index in [4.69, 9.17) is 11.6 Å². The maximum atomic E-state index is 6.02. The Kier molecular flexibility index (Phi) is 3.50. The SMILES string of the molecule is C=C(C)c1ccc(Cl)cc1Nc1ccccc1. The van der Waals surface area contributed by atoms with Crippen LogP contribution in [-0.4, -0.2) is 0 Å². The molecule has 2 aromatic rings. The Labute approximate surface area is 107 Å². The first-order chi connectivity index (χ1) is 8.16. The van der Waals surface area contributed by atoms with Crippen LogP contribution >= 0.6 is 11.6 Å². The van der Waals surface area contributed by atoms with Crippen LogP contribution in [-0.2, 0) is 0 Å². The van der Waals surface area contributed by atoms with Crippen molar-refractivity contribution >= 4 is 28.5 Å². The van der Waals surface area contributed by atoms with Gasteiger partial charge in [-0.2, -0.15) is 0 Å². The highest BCUT2D eigenvalue weighted by Gasteiger charge is 2.04. The Bertz CT molecular complexity index is 532. The fourth-order valence-corrected chi connectivity index (χ4v) is 1.84. The van der Waals surface area contributed by atoms with E-state index in [1.807, 2.05) is 55.5 Å². The first-order valence-electron chi connectivity index (χ1n) is 5.44. The van der Waals surface area contributed by atoms with Crippen LogP contribution in [0.2, 0.25) is 5.02 Å². The second-order valence-corrected chi connectivity index (χ2v) is 4.40. The number of hydrogen-bond acceptors (Lipinski definition) is 1. The third kappa shape index (κ3) is 2.89. The number of nitrogens with one attached hydrogen (secondary N) is 1. The van der Waals surface area contributed by atoms with Crippen LogP contribution in [0.3, 0.4) is 0 Å². The van der Waals surface area contributed by atoms with Crippen molar-refractivity contribution in [1.82, 2.24) is 0 Å². The predicted octanol–water partition coefficient (Wildman–Crippen LogP) is 5.12. The molecule has 0 saturated heterocycles. The first kappa shape index (κ1) is 11.7. The summed E-state index contributed by atoms with van der Waals surface area (Å²) in [6.45, 7) is 5.96. The summed E-state index contributed by atoms with van der Waals surface area (Å²) in [4.78, 5) is 0. The summed E-state index contributed by atoms with van der Waals surface area (Å²) < 4.78 is 0. The van der Waals surface area contributed by atoms with Crippen LogP contribution in [0.15, 0.2) is 55.1 Å². The molecule has 0 amide bonds. The molecule has 0 aromatic heterocycles. The van der Waals surface area contributed by atoms with E-state index in [2.05, 4.69) is 11.9 Å². The maximum Gasteiger partial charge on any atom is 0.0475 e. The van der Waals surface area contributed by atoms with Crippen LogP contribution in [0.1, 0.15) is 12.5 Å². The summed E-state index contributed by atoms with van der Waals surface area (Å²) in [6, 6.07) is 15.8. The Morgan fingerprint density at radius 1 is 1.12 bits per heavy atom. The van der Waals surface area contributed by atoms with Gasteiger partial charge in [0.25, 0.3) is 0 Å². The molecule has 0 heterocycles. The zero-order valence-electron chi connectivity index (χ0n) is 9.70. The molecule has 1 nitrogen and oxygen atoms in total. The number of allylic oxidation sites excluding steroid dienone is 1. The fourth-order valence-electron chi connectivity index (χ4n) is 1.67. The Balaban J connectivity index is 2.37. The van der Waals surface area contributed by atoms with Crippen molar-refractivity contribution in [3.63, 3.8) is 0 Å². The lowest BCUT2D eigenvalue weighted by atomic mass is 10.1. The average Bonchev–Trinajstić information content (AvgIpc) is 2.30. The molecule has 17 heavy (non-hydrogen) atoms. The second kappa shape index (κ2) is 5.07. The molecular weight excluding hydrogens is 230 g/mol. The fraction of sp³-hybridized carbons (Fsp3) is 0.0667. The van der Waals surface area contributed by atoms with E-state index in [0.29, 0.717) is 5.02 Å². The third-order valence-electron chi connectivity index (χ3n) is 2.49. The molecule has 86 valence electrons. The number of benzene rings is 2. The third-order valence-corrected chi connectivity index (χ3v) is 2.73. The van der Waals surface area contributed by atoms with Crippen molar-refractivity contribution in [1.29, 1.82) is 0 Å². The quantitative estimate of drug-likeness (QED) is 0.789. The molecule has 0 bridgehead atoms. The molecule has 0 aliphatic heterocycles. The molecular formula is C15H14ClN. The van der Waals surface area contributed by atoms with Gasteiger partial charge in [-0.25, -0.2) is 0 Å². The minimum atomic E-state index is 0.716. The van der Waals surface area contributed by atoms with E-state index in [9.17, 15) is 0 Å². The Morgan fingerprint density at radius 2 is 1.82 bits per heavy atom. The molecule has 0 fully saturated rings. The van der Waals surface area contributed by atoms with E-state index in [0.717, 1.165) is 22.5 Å². The first-order valence-corrected chi connectivity index (χ1v) is 5.82. The van der Waals surface area contributed by atoms with Crippen LogP contribution in [0, 0.1) is 0 Å². The molecule has 1 N–H and O–H groups in total. The van der Waals surface area contributed by atoms with Gasteiger partial charge in [0.05, 0.1) is 0 Å². The van der Waals surface area contributed by atoms with E-state index in [1.54, 1.807) is 0 Å². The van der Waals surface area contributed by atoms with Crippen LogP contribution in [0.5, 0.6) is 0 Å². The van der Waals surface area contributed by atoms with Crippen LogP contribution in [0.25, 0.3) is 5.57 Å². The number of rotatable bonds is 3. The van der Waals surface area contributed by atoms with Gasteiger partial charge >= 0.3 is 0 Å². The monoisotopic (exact) mass is 243 g/mol. The lowest BCUT2D eigenvalue weighted by Gasteiger charge is -2.12. The molecule has 0 unspecified atom stereocenters. The Morgan fingerprint density at radius 3 is 2.47 bits per heavy atom.